The maximum atomic E-state index is 12.7. The molecule has 5 rings (SSSR count). The Morgan fingerprint density at radius 2 is 1.44 bits per heavy atom. The molecule has 7 nitrogen and oxygen atoms in total. The number of carbonyl (C=O) groups is 2. The minimum absolute atomic E-state index is 0.328. The van der Waals surface area contributed by atoms with Crippen LogP contribution in [0.3, 0.4) is 0 Å². The van der Waals surface area contributed by atoms with Gasteiger partial charge in [-0.25, -0.2) is 10.2 Å². The monoisotopic (exact) mass is 544 g/mol. The van der Waals surface area contributed by atoms with Crippen molar-refractivity contribution >= 4 is 28.9 Å². The average Bonchev–Trinajstić information content (AvgIpc) is 3.02. The lowest BCUT2D eigenvalue weighted by atomic mass is 10.0. The number of esters is 1. The molecule has 0 bridgehead atoms. The number of nitrogens with zero attached hydrogens (tertiary/aromatic N) is 1. The lowest BCUT2D eigenvalue weighted by molar-refractivity contribution is -0.127. The zero-order valence-corrected chi connectivity index (χ0v) is 22.4. The fraction of sp³-hybridized carbons (Fsp3) is 0.0882. The molecule has 41 heavy (non-hydrogen) atoms. The summed E-state index contributed by atoms with van der Waals surface area (Å²) in [7, 11) is 0. The van der Waals surface area contributed by atoms with E-state index in [-0.39, 0.29) is 0 Å². The maximum absolute atomic E-state index is 12.7. The Kier molecular flexibility index (Phi) is 8.66. The molecule has 0 radical (unpaired) electrons. The Hall–Kier alpha value is -5.43. The second-order valence-electron chi connectivity index (χ2n) is 9.19. The quantitative estimate of drug-likeness (QED) is 0.0932. The summed E-state index contributed by atoms with van der Waals surface area (Å²) in [4.78, 5) is 25.4. The lowest BCUT2D eigenvalue weighted by Crippen LogP contribution is -2.33. The zero-order valence-electron chi connectivity index (χ0n) is 22.4. The van der Waals surface area contributed by atoms with E-state index >= 15 is 0 Å². The number of carbonyl (C=O) groups excluding carboxylic acids is 2. The van der Waals surface area contributed by atoms with Crippen LogP contribution in [-0.4, -0.2) is 24.2 Å². The molecule has 0 aromatic heterocycles. The smallest absolute Gasteiger partial charge is 0.343 e. The van der Waals surface area contributed by atoms with Gasteiger partial charge in [0.05, 0.1) is 11.8 Å². The first-order chi connectivity index (χ1) is 20.1. The number of ether oxygens (including phenoxy) is 3. The van der Waals surface area contributed by atoms with Crippen LogP contribution in [0.2, 0.25) is 0 Å². The van der Waals surface area contributed by atoms with Gasteiger partial charge in [-0.2, -0.15) is 5.10 Å². The van der Waals surface area contributed by atoms with E-state index < -0.39 is 18.0 Å². The van der Waals surface area contributed by atoms with Gasteiger partial charge in [0.1, 0.15) is 23.9 Å². The Morgan fingerprint density at radius 3 is 2.20 bits per heavy atom. The fourth-order valence-electron chi connectivity index (χ4n) is 4.10. The van der Waals surface area contributed by atoms with Crippen LogP contribution in [0.5, 0.6) is 17.2 Å². The fourth-order valence-corrected chi connectivity index (χ4v) is 4.10. The van der Waals surface area contributed by atoms with Crippen LogP contribution < -0.4 is 19.6 Å². The molecule has 0 aliphatic carbocycles. The Balaban J connectivity index is 1.22. The summed E-state index contributed by atoms with van der Waals surface area (Å²) in [6.45, 7) is 2.09. The van der Waals surface area contributed by atoms with Crippen molar-refractivity contribution in [2.75, 3.05) is 0 Å². The van der Waals surface area contributed by atoms with Gasteiger partial charge in [0.2, 0.25) is 0 Å². The molecule has 0 saturated carbocycles. The average molecular weight is 545 g/mol. The number of nitrogens with one attached hydrogen (secondary N) is 1. The van der Waals surface area contributed by atoms with E-state index in [0.717, 1.165) is 16.3 Å². The van der Waals surface area contributed by atoms with E-state index in [4.69, 9.17) is 14.2 Å². The third-order valence-corrected chi connectivity index (χ3v) is 6.27. The van der Waals surface area contributed by atoms with E-state index in [1.807, 2.05) is 66.7 Å². The molecule has 5 aromatic rings. The molecule has 1 amide bonds. The predicted octanol–water partition coefficient (Wildman–Crippen LogP) is 6.56. The van der Waals surface area contributed by atoms with Gasteiger partial charge in [0, 0.05) is 5.56 Å². The Bertz CT molecular complexity index is 1650. The normalized spacial score (nSPS) is 11.6. The third kappa shape index (κ3) is 7.16. The maximum Gasteiger partial charge on any atom is 0.343 e. The third-order valence-electron chi connectivity index (χ3n) is 6.27. The molecule has 0 aliphatic heterocycles. The molecule has 5 aromatic carbocycles. The van der Waals surface area contributed by atoms with Crippen molar-refractivity contribution < 1.29 is 23.8 Å². The predicted molar refractivity (Wildman–Crippen MR) is 158 cm³/mol. The molecule has 1 N–H and O–H groups in total. The van der Waals surface area contributed by atoms with Crippen molar-refractivity contribution in [3.05, 3.63) is 138 Å². The molecule has 0 fully saturated rings. The van der Waals surface area contributed by atoms with E-state index in [0.29, 0.717) is 35.0 Å². The van der Waals surface area contributed by atoms with Crippen molar-refractivity contribution in [2.24, 2.45) is 5.10 Å². The highest BCUT2D eigenvalue weighted by atomic mass is 16.5. The summed E-state index contributed by atoms with van der Waals surface area (Å²) < 4.78 is 17.3. The first kappa shape index (κ1) is 27.1. The van der Waals surface area contributed by atoms with Gasteiger partial charge in [0.25, 0.3) is 5.91 Å². The van der Waals surface area contributed by atoms with Crippen LogP contribution in [0.4, 0.5) is 0 Å². The van der Waals surface area contributed by atoms with Crippen molar-refractivity contribution in [3.63, 3.8) is 0 Å². The van der Waals surface area contributed by atoms with E-state index in [1.54, 1.807) is 61.5 Å². The lowest BCUT2D eigenvalue weighted by Gasteiger charge is -2.14. The first-order valence-electron chi connectivity index (χ1n) is 13.1. The van der Waals surface area contributed by atoms with E-state index in [1.165, 1.54) is 6.21 Å². The van der Waals surface area contributed by atoms with Crippen LogP contribution in [0.1, 0.15) is 28.4 Å². The van der Waals surface area contributed by atoms with Gasteiger partial charge in [-0.15, -0.1) is 0 Å². The molecular weight excluding hydrogens is 516 g/mol. The number of amides is 1. The van der Waals surface area contributed by atoms with Gasteiger partial charge < -0.3 is 14.2 Å². The Morgan fingerprint density at radius 1 is 0.780 bits per heavy atom. The molecule has 0 unspecified atom stereocenters. The van der Waals surface area contributed by atoms with Crippen LogP contribution in [0.15, 0.2) is 126 Å². The standard InChI is InChI=1S/C34H28N2O5/c1-24(40-29-19-17-28(18-20-29)39-23-25-10-4-2-5-11-25)33(37)36-35-22-31-30-15-9-8-12-26(30)16-21-32(31)41-34(38)27-13-6-3-7-14-27/h2-22,24H,23H2,1H3,(H,36,37)/b35-22-/t24-/m1/s1. The highest BCUT2D eigenvalue weighted by molar-refractivity contribution is 6.04. The summed E-state index contributed by atoms with van der Waals surface area (Å²) in [6, 6.07) is 36.9. The second-order valence-corrected chi connectivity index (χ2v) is 9.19. The summed E-state index contributed by atoms with van der Waals surface area (Å²) in [5.41, 5.74) is 4.58. The SMILES string of the molecule is C[C@@H](Oc1ccc(OCc2ccccc2)cc1)C(=O)N/N=C\c1c(OC(=O)c2ccccc2)ccc2ccccc12. The largest absolute Gasteiger partial charge is 0.489 e. The molecule has 0 saturated heterocycles. The van der Waals surface area contributed by atoms with Crippen molar-refractivity contribution in [3.8, 4) is 17.2 Å². The summed E-state index contributed by atoms with van der Waals surface area (Å²) in [5.74, 6) is 0.621. The summed E-state index contributed by atoms with van der Waals surface area (Å²) in [5, 5.41) is 5.91. The number of rotatable bonds is 10. The number of hydrogen-bond donors (Lipinski definition) is 1. The number of fused-ring (bicyclic) bond motifs is 1. The van der Waals surface area contributed by atoms with Crippen LogP contribution in [0.25, 0.3) is 10.8 Å². The summed E-state index contributed by atoms with van der Waals surface area (Å²) in [6.07, 6.45) is 0.658. The van der Waals surface area contributed by atoms with Gasteiger partial charge in [0.15, 0.2) is 6.10 Å². The van der Waals surface area contributed by atoms with Gasteiger partial charge >= 0.3 is 5.97 Å². The van der Waals surface area contributed by atoms with E-state index in [2.05, 4.69) is 10.5 Å². The molecule has 1 atom stereocenters. The van der Waals surface area contributed by atoms with Crippen molar-refractivity contribution in [1.29, 1.82) is 0 Å². The van der Waals surface area contributed by atoms with Gasteiger partial charge in [-0.1, -0.05) is 78.9 Å². The highest BCUT2D eigenvalue weighted by Gasteiger charge is 2.16. The molecule has 204 valence electrons. The minimum atomic E-state index is -0.814. The number of hydrazone groups is 1. The van der Waals surface area contributed by atoms with Crippen LogP contribution in [-0.2, 0) is 11.4 Å². The molecule has 0 heterocycles. The van der Waals surface area contributed by atoms with E-state index in [9.17, 15) is 9.59 Å². The van der Waals surface area contributed by atoms with Crippen LogP contribution in [0, 0.1) is 0 Å². The Labute approximate surface area is 238 Å². The second kappa shape index (κ2) is 13.1. The van der Waals surface area contributed by atoms with Gasteiger partial charge in [-0.05, 0) is 65.7 Å². The summed E-state index contributed by atoms with van der Waals surface area (Å²) >= 11 is 0. The topological polar surface area (TPSA) is 86.2 Å². The molecule has 0 aliphatic rings. The van der Waals surface area contributed by atoms with Gasteiger partial charge in [-0.3, -0.25) is 4.79 Å². The number of hydrogen-bond acceptors (Lipinski definition) is 6. The molecule has 7 heteroatoms. The first-order valence-corrected chi connectivity index (χ1v) is 13.1. The number of benzene rings is 5. The molecular formula is C34H28N2O5. The van der Waals surface area contributed by atoms with Crippen LogP contribution >= 0.6 is 0 Å². The van der Waals surface area contributed by atoms with Crippen molar-refractivity contribution in [2.45, 2.75) is 19.6 Å². The highest BCUT2D eigenvalue weighted by Crippen LogP contribution is 2.27. The zero-order chi connectivity index (χ0) is 28.4. The van der Waals surface area contributed by atoms with Crippen molar-refractivity contribution in [1.82, 2.24) is 5.43 Å². The molecule has 0 spiro atoms. The minimum Gasteiger partial charge on any atom is -0.489 e.